The van der Waals surface area contributed by atoms with Crippen LogP contribution in [0.4, 0.5) is 5.69 Å². The van der Waals surface area contributed by atoms with E-state index in [0.29, 0.717) is 22.3 Å². The van der Waals surface area contributed by atoms with E-state index < -0.39 is 0 Å². The topological polar surface area (TPSA) is 33.5 Å². The second-order valence-corrected chi connectivity index (χ2v) is 7.58. The van der Waals surface area contributed by atoms with Crippen LogP contribution in [0.2, 0.25) is 10.0 Å². The largest absolute Gasteiger partial charge is 0.327 e. The fourth-order valence-corrected chi connectivity index (χ4v) is 3.77. The molecule has 0 unspecified atom stereocenters. The Bertz CT molecular complexity index is 713. The van der Waals surface area contributed by atoms with E-state index in [0.717, 1.165) is 38.3 Å². The van der Waals surface area contributed by atoms with Crippen molar-refractivity contribution < 1.29 is 9.69 Å². The molecule has 0 saturated carbocycles. The molecule has 1 fully saturated rings. The third-order valence-electron chi connectivity index (χ3n) is 4.79. The van der Waals surface area contributed by atoms with E-state index in [1.54, 1.807) is 18.2 Å². The molecule has 3 nitrogen and oxygen atoms in total. The molecule has 0 spiro atoms. The normalized spacial score (nSPS) is 20.2. The lowest BCUT2D eigenvalue weighted by Gasteiger charge is -2.29. The van der Waals surface area contributed by atoms with Gasteiger partial charge in [0, 0.05) is 5.02 Å². The van der Waals surface area contributed by atoms with Gasteiger partial charge in [0.15, 0.2) is 6.54 Å². The number of anilines is 1. The van der Waals surface area contributed by atoms with Gasteiger partial charge in [0.1, 0.15) is 0 Å². The third-order valence-corrected chi connectivity index (χ3v) is 5.36. The van der Waals surface area contributed by atoms with E-state index in [2.05, 4.69) is 35.6 Å². The number of hydrogen-bond donors (Lipinski definition) is 2. The molecule has 1 heterocycles. The summed E-state index contributed by atoms with van der Waals surface area (Å²) in [5, 5.41) is 3.95. The van der Waals surface area contributed by atoms with Crippen LogP contribution in [-0.2, 0) is 11.2 Å². The summed E-state index contributed by atoms with van der Waals surface area (Å²) in [6.45, 7) is 2.54. The number of nitrogens with one attached hydrogen (secondary N) is 2. The molecule has 1 amide bonds. The van der Waals surface area contributed by atoms with Gasteiger partial charge in [-0.1, -0.05) is 53.5 Å². The number of piperidine rings is 1. The summed E-state index contributed by atoms with van der Waals surface area (Å²) in [6.07, 6.45) is 3.46. The lowest BCUT2D eigenvalue weighted by molar-refractivity contribution is -0.898. The van der Waals surface area contributed by atoms with Crippen LogP contribution >= 0.6 is 23.2 Å². The van der Waals surface area contributed by atoms with Gasteiger partial charge >= 0.3 is 0 Å². The minimum atomic E-state index is -0.0133. The van der Waals surface area contributed by atoms with Crippen LogP contribution in [0.25, 0.3) is 0 Å². The Morgan fingerprint density at radius 2 is 1.80 bits per heavy atom. The molecule has 1 saturated heterocycles. The number of hydrogen-bond acceptors (Lipinski definition) is 1. The quantitative estimate of drug-likeness (QED) is 0.821. The minimum absolute atomic E-state index is 0.0133. The first-order valence-corrected chi connectivity index (χ1v) is 9.48. The van der Waals surface area contributed by atoms with E-state index in [1.165, 1.54) is 10.5 Å². The zero-order chi connectivity index (χ0) is 17.6. The average Bonchev–Trinajstić information content (AvgIpc) is 2.61. The summed E-state index contributed by atoms with van der Waals surface area (Å²) < 4.78 is 0. The highest BCUT2D eigenvalue weighted by molar-refractivity contribution is 6.35. The van der Waals surface area contributed by atoms with Gasteiger partial charge in [0.05, 0.1) is 23.8 Å². The second-order valence-electron chi connectivity index (χ2n) is 6.73. The summed E-state index contributed by atoms with van der Waals surface area (Å²) in [7, 11) is 0. The van der Waals surface area contributed by atoms with Gasteiger partial charge in [-0.3, -0.25) is 4.79 Å². The first-order chi connectivity index (χ1) is 12.1. The molecular formula is C20H23Cl2N2O+. The SMILES string of the molecule is O=C(C[NH+]1CCC(Cc2ccccc2)CC1)Nc1cc(Cl)ccc1Cl. The molecule has 0 aromatic heterocycles. The highest BCUT2D eigenvalue weighted by Crippen LogP contribution is 2.25. The smallest absolute Gasteiger partial charge is 0.279 e. The Morgan fingerprint density at radius 3 is 2.52 bits per heavy atom. The molecule has 132 valence electrons. The van der Waals surface area contributed by atoms with Gasteiger partial charge in [-0.15, -0.1) is 0 Å². The monoisotopic (exact) mass is 377 g/mol. The standard InChI is InChI=1S/C20H22Cl2N2O/c21-17-6-7-18(22)19(13-17)23-20(25)14-24-10-8-16(9-11-24)12-15-4-2-1-3-5-15/h1-7,13,16H,8-12,14H2,(H,23,25)/p+1. The number of halogens is 2. The van der Waals surface area contributed by atoms with Gasteiger partial charge in [0.2, 0.25) is 0 Å². The maximum atomic E-state index is 12.3. The van der Waals surface area contributed by atoms with Crippen LogP contribution in [0.1, 0.15) is 18.4 Å². The summed E-state index contributed by atoms with van der Waals surface area (Å²) in [6, 6.07) is 15.7. The molecule has 0 radical (unpaired) electrons. The fourth-order valence-electron chi connectivity index (χ4n) is 3.43. The zero-order valence-electron chi connectivity index (χ0n) is 14.1. The number of carbonyl (C=O) groups excluding carboxylic acids is 1. The molecule has 0 atom stereocenters. The summed E-state index contributed by atoms with van der Waals surface area (Å²) in [5.74, 6) is 0.706. The van der Waals surface area contributed by atoms with Crippen molar-refractivity contribution in [2.75, 3.05) is 25.0 Å². The number of quaternary nitrogens is 1. The van der Waals surface area contributed by atoms with Crippen LogP contribution in [0, 0.1) is 5.92 Å². The molecule has 2 aromatic carbocycles. The van der Waals surface area contributed by atoms with Crippen molar-refractivity contribution in [3.63, 3.8) is 0 Å². The van der Waals surface area contributed by atoms with Crippen molar-refractivity contribution in [1.82, 2.24) is 0 Å². The van der Waals surface area contributed by atoms with Crippen molar-refractivity contribution in [2.24, 2.45) is 5.92 Å². The van der Waals surface area contributed by atoms with E-state index in [1.807, 2.05) is 0 Å². The van der Waals surface area contributed by atoms with Crippen LogP contribution in [0.5, 0.6) is 0 Å². The Kier molecular flexibility index (Phi) is 6.35. The van der Waals surface area contributed by atoms with Crippen LogP contribution in [0.15, 0.2) is 48.5 Å². The Labute approximate surface area is 158 Å². The fraction of sp³-hybridized carbons (Fsp3) is 0.350. The summed E-state index contributed by atoms with van der Waals surface area (Å²) >= 11 is 12.1. The van der Waals surface area contributed by atoms with Crippen LogP contribution in [0.3, 0.4) is 0 Å². The molecule has 5 heteroatoms. The molecule has 0 aliphatic carbocycles. The highest BCUT2D eigenvalue weighted by Gasteiger charge is 2.24. The van der Waals surface area contributed by atoms with E-state index in [4.69, 9.17) is 23.2 Å². The number of likely N-dealkylation sites (tertiary alicyclic amines) is 1. The predicted octanol–water partition coefficient (Wildman–Crippen LogP) is 3.47. The van der Waals surface area contributed by atoms with Crippen LogP contribution in [-0.4, -0.2) is 25.5 Å². The number of carbonyl (C=O) groups is 1. The first-order valence-electron chi connectivity index (χ1n) is 8.72. The molecule has 2 N–H and O–H groups in total. The maximum Gasteiger partial charge on any atom is 0.279 e. The molecule has 3 rings (SSSR count). The zero-order valence-corrected chi connectivity index (χ0v) is 15.6. The highest BCUT2D eigenvalue weighted by atomic mass is 35.5. The predicted molar refractivity (Wildman–Crippen MR) is 104 cm³/mol. The van der Waals surface area contributed by atoms with Gasteiger partial charge in [-0.05, 0) is 48.9 Å². The van der Waals surface area contributed by atoms with E-state index >= 15 is 0 Å². The lowest BCUT2D eigenvalue weighted by Crippen LogP contribution is -3.14. The summed E-state index contributed by atoms with van der Waals surface area (Å²) in [5.41, 5.74) is 1.99. The van der Waals surface area contributed by atoms with Crippen molar-refractivity contribution >= 4 is 34.8 Å². The van der Waals surface area contributed by atoms with Gasteiger partial charge in [0.25, 0.3) is 5.91 Å². The van der Waals surface area contributed by atoms with E-state index in [-0.39, 0.29) is 5.91 Å². The van der Waals surface area contributed by atoms with Gasteiger partial charge in [-0.25, -0.2) is 0 Å². The molecule has 0 bridgehead atoms. The van der Waals surface area contributed by atoms with Gasteiger partial charge < -0.3 is 10.2 Å². The molecular weight excluding hydrogens is 355 g/mol. The molecule has 1 aliphatic heterocycles. The van der Waals surface area contributed by atoms with Gasteiger partial charge in [-0.2, -0.15) is 0 Å². The Morgan fingerprint density at radius 1 is 1.08 bits per heavy atom. The number of rotatable bonds is 5. The third kappa shape index (κ3) is 5.46. The molecule has 1 aliphatic rings. The Hall–Kier alpha value is -1.55. The van der Waals surface area contributed by atoms with Crippen molar-refractivity contribution in [1.29, 1.82) is 0 Å². The van der Waals surface area contributed by atoms with Crippen molar-refractivity contribution in [3.05, 3.63) is 64.1 Å². The molecule has 2 aromatic rings. The first kappa shape index (κ1) is 18.2. The minimum Gasteiger partial charge on any atom is -0.327 e. The Balaban J connectivity index is 1.45. The summed E-state index contributed by atoms with van der Waals surface area (Å²) in [4.78, 5) is 13.6. The second kappa shape index (κ2) is 8.70. The number of amides is 1. The van der Waals surface area contributed by atoms with Crippen LogP contribution < -0.4 is 10.2 Å². The van der Waals surface area contributed by atoms with Crippen molar-refractivity contribution in [3.8, 4) is 0 Å². The van der Waals surface area contributed by atoms with Crippen molar-refractivity contribution in [2.45, 2.75) is 19.3 Å². The lowest BCUT2D eigenvalue weighted by atomic mass is 9.90. The average molecular weight is 378 g/mol. The molecule has 25 heavy (non-hydrogen) atoms. The number of benzene rings is 2. The van der Waals surface area contributed by atoms with E-state index in [9.17, 15) is 4.79 Å². The maximum absolute atomic E-state index is 12.3.